The Hall–Kier alpha value is -3.33. The Balaban J connectivity index is 2.33. The van der Waals surface area contributed by atoms with Gasteiger partial charge in [0.2, 0.25) is 0 Å². The SMILES string of the molecule is C=CCN(CC=C)c1ccc2nc3ccccc3cc2c1N(CC=C)CC=C. The molecule has 1 heterocycles. The van der Waals surface area contributed by atoms with Crippen LogP contribution in [0.2, 0.25) is 0 Å². The van der Waals surface area contributed by atoms with Crippen LogP contribution < -0.4 is 9.80 Å². The summed E-state index contributed by atoms with van der Waals surface area (Å²) in [5, 5.41) is 2.25. The highest BCUT2D eigenvalue weighted by atomic mass is 15.2. The predicted molar refractivity (Wildman–Crippen MR) is 124 cm³/mol. The number of hydrogen-bond acceptors (Lipinski definition) is 3. The number of pyridine rings is 1. The van der Waals surface area contributed by atoms with E-state index in [1.165, 1.54) is 0 Å². The van der Waals surface area contributed by atoms with Gasteiger partial charge in [0.05, 0.1) is 22.4 Å². The lowest BCUT2D eigenvalue weighted by molar-refractivity contribution is 0.920. The fourth-order valence-corrected chi connectivity index (χ4v) is 3.56. The van der Waals surface area contributed by atoms with E-state index >= 15 is 0 Å². The van der Waals surface area contributed by atoms with Crippen molar-refractivity contribution >= 4 is 33.2 Å². The minimum atomic E-state index is 0.723. The largest absolute Gasteiger partial charge is 0.362 e. The van der Waals surface area contributed by atoms with Crippen LogP contribution in [0.15, 0.2) is 93.1 Å². The Labute approximate surface area is 167 Å². The maximum absolute atomic E-state index is 4.90. The number of aromatic nitrogens is 1. The zero-order chi connectivity index (χ0) is 19.9. The highest BCUT2D eigenvalue weighted by molar-refractivity contribution is 6.04. The Morgan fingerprint density at radius 2 is 1.32 bits per heavy atom. The topological polar surface area (TPSA) is 19.4 Å². The molecule has 0 spiro atoms. The van der Waals surface area contributed by atoms with Crippen LogP contribution in [0.1, 0.15) is 0 Å². The van der Waals surface area contributed by atoms with Crippen molar-refractivity contribution in [1.82, 2.24) is 4.98 Å². The summed E-state index contributed by atoms with van der Waals surface area (Å²) in [7, 11) is 0. The molecule has 0 unspecified atom stereocenters. The van der Waals surface area contributed by atoms with E-state index in [1.807, 2.05) is 36.4 Å². The van der Waals surface area contributed by atoms with Crippen LogP contribution in [0, 0.1) is 0 Å². The van der Waals surface area contributed by atoms with Crippen molar-refractivity contribution in [2.75, 3.05) is 36.0 Å². The zero-order valence-electron chi connectivity index (χ0n) is 16.3. The van der Waals surface area contributed by atoms with E-state index in [0.29, 0.717) is 0 Å². The van der Waals surface area contributed by atoms with Crippen molar-refractivity contribution in [3.8, 4) is 0 Å². The summed E-state index contributed by atoms with van der Waals surface area (Å²) in [4.78, 5) is 9.45. The average molecular weight is 370 g/mol. The minimum absolute atomic E-state index is 0.723. The third-order valence-corrected chi connectivity index (χ3v) is 4.71. The van der Waals surface area contributed by atoms with Gasteiger partial charge in [0.25, 0.3) is 0 Å². The molecule has 28 heavy (non-hydrogen) atoms. The molecule has 0 radical (unpaired) electrons. The third kappa shape index (κ3) is 3.84. The van der Waals surface area contributed by atoms with Crippen LogP contribution in [0.4, 0.5) is 11.4 Å². The molecule has 0 N–H and O–H groups in total. The molecule has 3 rings (SSSR count). The van der Waals surface area contributed by atoms with E-state index in [-0.39, 0.29) is 0 Å². The summed E-state index contributed by atoms with van der Waals surface area (Å²) in [5.41, 5.74) is 4.25. The monoisotopic (exact) mass is 369 g/mol. The third-order valence-electron chi connectivity index (χ3n) is 4.71. The van der Waals surface area contributed by atoms with Crippen LogP contribution in [-0.4, -0.2) is 31.2 Å². The highest BCUT2D eigenvalue weighted by Gasteiger charge is 2.18. The number of anilines is 2. The number of nitrogens with zero attached hydrogens (tertiary/aromatic N) is 3. The second kappa shape index (κ2) is 9.05. The Morgan fingerprint density at radius 1 is 0.714 bits per heavy atom. The van der Waals surface area contributed by atoms with E-state index in [0.717, 1.165) is 59.4 Å². The Kier molecular flexibility index (Phi) is 6.28. The van der Waals surface area contributed by atoms with E-state index in [2.05, 4.69) is 66.4 Å². The van der Waals surface area contributed by atoms with Crippen LogP contribution >= 0.6 is 0 Å². The fourth-order valence-electron chi connectivity index (χ4n) is 3.56. The number of hydrogen-bond donors (Lipinski definition) is 0. The molecular weight excluding hydrogens is 342 g/mol. The molecule has 0 fully saturated rings. The molecule has 0 bridgehead atoms. The summed E-state index contributed by atoms with van der Waals surface area (Å²) in [6.07, 6.45) is 7.68. The van der Waals surface area contributed by atoms with Gasteiger partial charge in [0, 0.05) is 37.0 Å². The number of fused-ring (bicyclic) bond motifs is 2. The van der Waals surface area contributed by atoms with Crippen LogP contribution in [0.3, 0.4) is 0 Å². The van der Waals surface area contributed by atoms with Gasteiger partial charge in [-0.15, -0.1) is 26.3 Å². The van der Waals surface area contributed by atoms with Crippen molar-refractivity contribution in [1.29, 1.82) is 0 Å². The molecule has 3 heteroatoms. The molecule has 0 saturated carbocycles. The molecule has 0 atom stereocenters. The molecule has 142 valence electrons. The lowest BCUT2D eigenvalue weighted by atomic mass is 10.1. The highest BCUT2D eigenvalue weighted by Crippen LogP contribution is 2.38. The van der Waals surface area contributed by atoms with E-state index in [4.69, 9.17) is 4.98 Å². The minimum Gasteiger partial charge on any atom is -0.362 e. The van der Waals surface area contributed by atoms with Crippen molar-refractivity contribution in [3.63, 3.8) is 0 Å². The van der Waals surface area contributed by atoms with Gasteiger partial charge in [-0.1, -0.05) is 42.5 Å². The molecule has 0 aliphatic carbocycles. The second-order valence-electron chi connectivity index (χ2n) is 6.65. The van der Waals surface area contributed by atoms with Crippen molar-refractivity contribution < 1.29 is 0 Å². The number of benzene rings is 2. The van der Waals surface area contributed by atoms with Crippen LogP contribution in [-0.2, 0) is 0 Å². The average Bonchev–Trinajstić information content (AvgIpc) is 2.71. The summed E-state index contributed by atoms with van der Waals surface area (Å²) >= 11 is 0. The predicted octanol–water partition coefficient (Wildman–Crippen LogP) is 5.74. The van der Waals surface area contributed by atoms with E-state index in [1.54, 1.807) is 0 Å². The first-order valence-corrected chi connectivity index (χ1v) is 9.49. The molecule has 0 aliphatic heterocycles. The van der Waals surface area contributed by atoms with E-state index < -0.39 is 0 Å². The first-order chi connectivity index (χ1) is 13.7. The maximum atomic E-state index is 4.90. The van der Waals surface area contributed by atoms with Gasteiger partial charge in [-0.25, -0.2) is 4.98 Å². The lowest BCUT2D eigenvalue weighted by Gasteiger charge is -2.31. The van der Waals surface area contributed by atoms with Gasteiger partial charge < -0.3 is 9.80 Å². The molecule has 0 saturated heterocycles. The first kappa shape index (κ1) is 19.4. The molecule has 3 aromatic rings. The summed E-state index contributed by atoms with van der Waals surface area (Å²) < 4.78 is 0. The van der Waals surface area contributed by atoms with Gasteiger partial charge >= 0.3 is 0 Å². The quantitative estimate of drug-likeness (QED) is 0.335. The number of rotatable bonds is 10. The van der Waals surface area contributed by atoms with Gasteiger partial charge in [0.15, 0.2) is 0 Å². The Bertz CT molecular complexity index is 999. The smallest absolute Gasteiger partial charge is 0.0732 e. The normalized spacial score (nSPS) is 10.6. The molecular formula is C25H27N3. The molecule has 0 amide bonds. The molecule has 3 nitrogen and oxygen atoms in total. The van der Waals surface area contributed by atoms with Gasteiger partial charge in [0.1, 0.15) is 0 Å². The second-order valence-corrected chi connectivity index (χ2v) is 6.65. The number of para-hydroxylation sites is 1. The zero-order valence-corrected chi connectivity index (χ0v) is 16.3. The lowest BCUT2D eigenvalue weighted by Crippen LogP contribution is -2.29. The molecule has 0 aliphatic rings. The van der Waals surface area contributed by atoms with Crippen LogP contribution in [0.5, 0.6) is 0 Å². The molecule has 1 aromatic heterocycles. The van der Waals surface area contributed by atoms with Gasteiger partial charge in [-0.2, -0.15) is 0 Å². The summed E-state index contributed by atoms with van der Waals surface area (Å²) in [6.45, 7) is 18.7. The van der Waals surface area contributed by atoms with Crippen LogP contribution in [0.25, 0.3) is 21.8 Å². The van der Waals surface area contributed by atoms with Crippen molar-refractivity contribution in [3.05, 3.63) is 93.1 Å². The van der Waals surface area contributed by atoms with Crippen molar-refractivity contribution in [2.24, 2.45) is 0 Å². The summed E-state index contributed by atoms with van der Waals surface area (Å²) in [6, 6.07) is 14.7. The Morgan fingerprint density at radius 3 is 1.96 bits per heavy atom. The van der Waals surface area contributed by atoms with Crippen molar-refractivity contribution in [2.45, 2.75) is 0 Å². The summed E-state index contributed by atoms with van der Waals surface area (Å²) in [5.74, 6) is 0. The maximum Gasteiger partial charge on any atom is 0.0732 e. The molecule has 2 aromatic carbocycles. The fraction of sp³-hybridized carbons (Fsp3) is 0.160. The van der Waals surface area contributed by atoms with Gasteiger partial charge in [-0.05, 0) is 24.3 Å². The standard InChI is InChI=1S/C25H27N3/c1-5-15-27(16-6-2)24-14-13-23-21(25(24)28(17-7-3)18-8-4)19-20-11-9-10-12-22(20)26-23/h5-14,19H,1-4,15-18H2. The van der Waals surface area contributed by atoms with E-state index in [9.17, 15) is 0 Å². The first-order valence-electron chi connectivity index (χ1n) is 9.49. The van der Waals surface area contributed by atoms with Gasteiger partial charge in [-0.3, -0.25) is 0 Å².